The summed E-state index contributed by atoms with van der Waals surface area (Å²) in [5, 5.41) is 21.6. The maximum absolute atomic E-state index is 13.7. The predicted molar refractivity (Wildman–Crippen MR) is 145 cm³/mol. The predicted octanol–water partition coefficient (Wildman–Crippen LogP) is 4.61. The van der Waals surface area contributed by atoms with E-state index in [0.717, 1.165) is 12.8 Å². The molecule has 0 unspecified atom stereocenters. The SMILES string of the molecule is CCCCCc1nc(=O)c(S(=O)(=O)c2ccc(-c3ccc(F)nc3C)cc2)c(O)n1[C@@H](CO)c1ccccc1. The summed E-state index contributed by atoms with van der Waals surface area (Å²) in [7, 11) is -4.51. The molecule has 0 spiro atoms. The highest BCUT2D eigenvalue weighted by Crippen LogP contribution is 2.33. The lowest BCUT2D eigenvalue weighted by Gasteiger charge is -2.24. The maximum atomic E-state index is 13.7. The maximum Gasteiger partial charge on any atom is 0.296 e. The second-order valence-electron chi connectivity index (χ2n) is 9.22. The molecule has 0 amide bonds. The molecule has 0 aliphatic heterocycles. The van der Waals surface area contributed by atoms with Crippen molar-refractivity contribution in [3.8, 4) is 17.0 Å². The van der Waals surface area contributed by atoms with Gasteiger partial charge in [0.25, 0.3) is 5.56 Å². The van der Waals surface area contributed by atoms with Gasteiger partial charge in [-0.05, 0) is 48.7 Å². The largest absolute Gasteiger partial charge is 0.493 e. The Labute approximate surface area is 226 Å². The molecule has 2 heterocycles. The summed E-state index contributed by atoms with van der Waals surface area (Å²) in [6.07, 6.45) is 2.75. The van der Waals surface area contributed by atoms with Gasteiger partial charge >= 0.3 is 0 Å². The highest BCUT2D eigenvalue weighted by molar-refractivity contribution is 7.91. The van der Waals surface area contributed by atoms with Crippen molar-refractivity contribution in [2.45, 2.75) is 55.4 Å². The zero-order valence-electron chi connectivity index (χ0n) is 21.7. The summed E-state index contributed by atoms with van der Waals surface area (Å²) >= 11 is 0. The van der Waals surface area contributed by atoms with Gasteiger partial charge in [0, 0.05) is 17.7 Å². The molecule has 0 fully saturated rings. The zero-order valence-corrected chi connectivity index (χ0v) is 22.5. The van der Waals surface area contributed by atoms with Crippen LogP contribution in [-0.2, 0) is 16.3 Å². The summed E-state index contributed by atoms with van der Waals surface area (Å²) in [5.41, 5.74) is 1.22. The average Bonchev–Trinajstić information content (AvgIpc) is 2.91. The van der Waals surface area contributed by atoms with Crippen LogP contribution in [0, 0.1) is 12.9 Å². The topological polar surface area (TPSA) is 122 Å². The summed E-state index contributed by atoms with van der Waals surface area (Å²) in [4.78, 5) is 19.9. The number of rotatable bonds is 10. The molecule has 0 saturated heterocycles. The fourth-order valence-corrected chi connectivity index (χ4v) is 5.94. The average molecular weight is 552 g/mol. The number of sulfone groups is 1. The zero-order chi connectivity index (χ0) is 28.2. The van der Waals surface area contributed by atoms with Gasteiger partial charge < -0.3 is 10.2 Å². The van der Waals surface area contributed by atoms with Gasteiger partial charge in [-0.15, -0.1) is 0 Å². The summed E-state index contributed by atoms with van der Waals surface area (Å²) < 4.78 is 42.0. The molecular formula is C29H30FN3O5S. The molecule has 204 valence electrons. The van der Waals surface area contributed by atoms with E-state index in [1.54, 1.807) is 43.3 Å². The number of nitrogens with zero attached hydrogens (tertiary/aromatic N) is 3. The quantitative estimate of drug-likeness (QED) is 0.218. The number of aryl methyl sites for hydroxylation is 2. The van der Waals surface area contributed by atoms with E-state index in [9.17, 15) is 27.8 Å². The monoisotopic (exact) mass is 551 g/mol. The van der Waals surface area contributed by atoms with E-state index in [1.807, 2.05) is 6.92 Å². The minimum atomic E-state index is -4.51. The number of benzene rings is 2. The lowest BCUT2D eigenvalue weighted by Crippen LogP contribution is -2.28. The van der Waals surface area contributed by atoms with Gasteiger partial charge in [-0.1, -0.05) is 62.2 Å². The Morgan fingerprint density at radius 3 is 2.28 bits per heavy atom. The first-order chi connectivity index (χ1) is 18.7. The third-order valence-corrected chi connectivity index (χ3v) is 8.39. The van der Waals surface area contributed by atoms with E-state index >= 15 is 0 Å². The summed E-state index contributed by atoms with van der Waals surface area (Å²) in [6, 6.07) is 16.4. The molecule has 10 heteroatoms. The molecule has 1 atom stereocenters. The minimum absolute atomic E-state index is 0.197. The Balaban J connectivity index is 1.84. The smallest absolute Gasteiger partial charge is 0.296 e. The second-order valence-corrected chi connectivity index (χ2v) is 11.1. The molecule has 2 aromatic carbocycles. The molecule has 2 N–H and O–H groups in total. The number of hydrogen-bond donors (Lipinski definition) is 2. The Morgan fingerprint density at radius 2 is 1.67 bits per heavy atom. The lowest BCUT2D eigenvalue weighted by molar-refractivity contribution is 0.231. The fraction of sp³-hybridized carbons (Fsp3) is 0.276. The van der Waals surface area contributed by atoms with Crippen LogP contribution in [0.25, 0.3) is 11.1 Å². The Bertz CT molecular complexity index is 1620. The highest BCUT2D eigenvalue weighted by atomic mass is 32.2. The van der Waals surface area contributed by atoms with Gasteiger partial charge in [0.2, 0.25) is 21.7 Å². The number of aromatic nitrogens is 3. The van der Waals surface area contributed by atoms with E-state index in [1.165, 1.54) is 34.9 Å². The van der Waals surface area contributed by atoms with Crippen LogP contribution in [0.4, 0.5) is 4.39 Å². The molecule has 8 nitrogen and oxygen atoms in total. The second kappa shape index (κ2) is 11.9. The third-order valence-electron chi connectivity index (χ3n) is 6.60. The Morgan fingerprint density at radius 1 is 0.974 bits per heavy atom. The van der Waals surface area contributed by atoms with Crippen molar-refractivity contribution in [1.82, 2.24) is 14.5 Å². The van der Waals surface area contributed by atoms with E-state index in [2.05, 4.69) is 9.97 Å². The van der Waals surface area contributed by atoms with Crippen molar-refractivity contribution in [2.24, 2.45) is 0 Å². The first-order valence-corrected chi connectivity index (χ1v) is 14.2. The molecule has 2 aromatic heterocycles. The van der Waals surface area contributed by atoms with Crippen LogP contribution in [0.1, 0.15) is 49.3 Å². The molecule has 4 aromatic rings. The van der Waals surface area contributed by atoms with E-state index < -0.39 is 44.8 Å². The minimum Gasteiger partial charge on any atom is -0.493 e. The van der Waals surface area contributed by atoms with E-state index in [0.29, 0.717) is 35.2 Å². The van der Waals surface area contributed by atoms with Crippen LogP contribution in [0.15, 0.2) is 81.3 Å². The normalized spacial score (nSPS) is 12.4. The van der Waals surface area contributed by atoms with Gasteiger partial charge in [0.05, 0.1) is 17.5 Å². The van der Waals surface area contributed by atoms with Crippen molar-refractivity contribution < 1.29 is 23.0 Å². The number of aliphatic hydroxyl groups excluding tert-OH is 1. The van der Waals surface area contributed by atoms with E-state index in [-0.39, 0.29) is 10.7 Å². The third kappa shape index (κ3) is 5.76. The molecule has 0 aliphatic rings. The molecule has 0 radical (unpaired) electrons. The van der Waals surface area contributed by atoms with Crippen LogP contribution < -0.4 is 5.56 Å². The molecule has 4 rings (SSSR count). The number of hydrogen-bond acceptors (Lipinski definition) is 7. The van der Waals surface area contributed by atoms with Crippen LogP contribution >= 0.6 is 0 Å². The van der Waals surface area contributed by atoms with Gasteiger partial charge in [0.15, 0.2) is 4.90 Å². The summed E-state index contributed by atoms with van der Waals surface area (Å²) in [6.45, 7) is 3.21. The molecule has 0 saturated carbocycles. The first kappa shape index (κ1) is 28.1. The van der Waals surface area contributed by atoms with Crippen LogP contribution in [0.3, 0.4) is 0 Å². The number of unbranched alkanes of at least 4 members (excludes halogenated alkanes) is 2. The molecule has 0 aliphatic carbocycles. The Kier molecular flexibility index (Phi) is 8.57. The number of halogens is 1. The van der Waals surface area contributed by atoms with Crippen molar-refractivity contribution >= 4 is 9.84 Å². The Hall–Kier alpha value is -3.89. The van der Waals surface area contributed by atoms with Crippen LogP contribution in [0.2, 0.25) is 0 Å². The van der Waals surface area contributed by atoms with Crippen molar-refractivity contribution in [1.29, 1.82) is 0 Å². The number of aromatic hydroxyl groups is 1. The first-order valence-electron chi connectivity index (χ1n) is 12.7. The van der Waals surface area contributed by atoms with Gasteiger partial charge in [-0.25, -0.2) is 13.4 Å². The van der Waals surface area contributed by atoms with Crippen LogP contribution in [0.5, 0.6) is 5.88 Å². The van der Waals surface area contributed by atoms with Gasteiger partial charge in [0.1, 0.15) is 5.82 Å². The van der Waals surface area contributed by atoms with Crippen molar-refractivity contribution in [2.75, 3.05) is 6.61 Å². The van der Waals surface area contributed by atoms with Crippen molar-refractivity contribution in [3.05, 3.63) is 100 Å². The van der Waals surface area contributed by atoms with E-state index in [4.69, 9.17) is 0 Å². The standard InChI is InChI=1S/C29H30FN3O5S/c1-3-4-6-11-26-32-28(35)27(29(36)33(26)24(18-34)21-9-7-5-8-10-21)39(37,38)22-14-12-20(13-15-22)23-16-17-25(30)31-19(23)2/h5,7-10,12-17,24,34,36H,3-4,6,11,18H2,1-2H3/t24-/m0/s1. The number of pyridine rings is 1. The summed E-state index contributed by atoms with van der Waals surface area (Å²) in [5.74, 6) is -1.20. The highest BCUT2D eigenvalue weighted by Gasteiger charge is 2.32. The number of aliphatic hydroxyl groups is 1. The molecular weight excluding hydrogens is 521 g/mol. The lowest BCUT2D eigenvalue weighted by atomic mass is 10.1. The van der Waals surface area contributed by atoms with Gasteiger partial charge in [-0.3, -0.25) is 9.36 Å². The van der Waals surface area contributed by atoms with Crippen molar-refractivity contribution in [3.63, 3.8) is 0 Å². The van der Waals surface area contributed by atoms with Gasteiger partial charge in [-0.2, -0.15) is 9.37 Å². The molecule has 39 heavy (non-hydrogen) atoms. The molecule has 0 bridgehead atoms. The fourth-order valence-electron chi connectivity index (χ4n) is 4.60. The van der Waals surface area contributed by atoms with Crippen LogP contribution in [-0.4, -0.2) is 39.8 Å².